The number of hydrogen-bond acceptors (Lipinski definition) is 11. The van der Waals surface area contributed by atoms with Gasteiger partial charge in [-0.1, -0.05) is 30.3 Å². The van der Waals surface area contributed by atoms with E-state index in [2.05, 4.69) is 62.9 Å². The van der Waals surface area contributed by atoms with Crippen molar-refractivity contribution < 1.29 is 33.6 Å². The monoisotopic (exact) mass is 732 g/mol. The van der Waals surface area contributed by atoms with Crippen LogP contribution in [-0.4, -0.2) is 99.0 Å². The van der Waals surface area contributed by atoms with Gasteiger partial charge in [0.2, 0.25) is 0 Å². The van der Waals surface area contributed by atoms with Crippen LogP contribution in [0.25, 0.3) is 0 Å². The number of esters is 2. The average molecular weight is 733 g/mol. The predicted molar refractivity (Wildman–Crippen MR) is 196 cm³/mol. The number of fused-ring (bicyclic) bond motifs is 4. The molecule has 54 heavy (non-hydrogen) atoms. The molecule has 3 N–H and O–H groups in total. The van der Waals surface area contributed by atoms with Crippen LogP contribution in [0.5, 0.6) is 5.75 Å². The minimum atomic E-state index is -0.768. The van der Waals surface area contributed by atoms with Gasteiger partial charge in [-0.3, -0.25) is 9.69 Å². The highest BCUT2D eigenvalue weighted by Crippen LogP contribution is 2.76. The number of para-hydroxylation sites is 2. The molecular weight excluding hydrogens is 684 g/mol. The maximum absolute atomic E-state index is 14.0. The largest absolute Gasteiger partial charge is 0.495 e. The third-order valence-corrected chi connectivity index (χ3v) is 17.6. The Morgan fingerprint density at radius 1 is 1.00 bits per heavy atom. The van der Waals surface area contributed by atoms with E-state index in [1.165, 1.54) is 18.2 Å². The number of ether oxygens (including phenoxy) is 4. The summed E-state index contributed by atoms with van der Waals surface area (Å²) in [6.45, 7) is 2.80. The summed E-state index contributed by atoms with van der Waals surface area (Å²) in [4.78, 5) is 32.5. The van der Waals surface area contributed by atoms with Crippen molar-refractivity contribution >= 4 is 23.3 Å². The average Bonchev–Trinajstić information content (AvgIpc) is 4.03. The number of aliphatic hydroxyl groups is 1. The summed E-state index contributed by atoms with van der Waals surface area (Å²) in [5.74, 6) is 0.983. The molecule has 2 aromatic rings. The van der Waals surface area contributed by atoms with Gasteiger partial charge in [-0.25, -0.2) is 4.79 Å². The van der Waals surface area contributed by atoms with Crippen LogP contribution in [-0.2, 0) is 34.6 Å². The summed E-state index contributed by atoms with van der Waals surface area (Å²) in [6, 6.07) is 15.5. The molecule has 0 radical (unpaired) electrons. The molecule has 13 rings (SSSR count). The number of benzene rings is 2. The number of aliphatic hydroxyl groups excluding tert-OH is 1. The Balaban J connectivity index is 1.03. The Labute approximate surface area is 314 Å². The van der Waals surface area contributed by atoms with E-state index in [9.17, 15) is 14.7 Å². The fourth-order valence-electron chi connectivity index (χ4n) is 16.8. The maximum Gasteiger partial charge on any atom is 0.335 e. The highest BCUT2D eigenvalue weighted by atomic mass is 16.6. The normalized spacial score (nSPS) is 47.8. The molecule has 11 aliphatic rings. The van der Waals surface area contributed by atoms with Crippen molar-refractivity contribution in [2.75, 3.05) is 50.7 Å². The fourth-order valence-corrected chi connectivity index (χ4v) is 16.8. The second-order valence-corrected chi connectivity index (χ2v) is 19.0. The molecule has 0 bridgehead atoms. The van der Waals surface area contributed by atoms with Crippen LogP contribution in [0.4, 0.5) is 11.4 Å². The fraction of sp³-hybridized carbons (Fsp3) is 0.628. The molecule has 8 aliphatic heterocycles. The van der Waals surface area contributed by atoms with Crippen molar-refractivity contribution in [2.24, 2.45) is 28.1 Å². The smallest absolute Gasteiger partial charge is 0.335 e. The van der Waals surface area contributed by atoms with Gasteiger partial charge in [0.05, 0.1) is 48.8 Å². The molecule has 8 fully saturated rings. The first-order valence-electron chi connectivity index (χ1n) is 20.4. The highest BCUT2D eigenvalue weighted by Gasteiger charge is 2.81. The van der Waals surface area contributed by atoms with Crippen molar-refractivity contribution in [3.05, 3.63) is 64.9 Å². The van der Waals surface area contributed by atoms with Gasteiger partial charge in [-0.2, -0.15) is 0 Å². The standard InChI is InChI=1S/C43H48N4O7/c1-51-28-9-5-7-25-31(28)47-21-41(17-22-16-40-19-30(48)54-29(40)11-10-27-32(40)43(25,20-44-27)34(22)47)37-39(13-15-53-37)18-23(35(49)52-2)33-42(12-14-46(36(39)42)38(41)50)24-6-3-4-8-26(24)45-33/h3-9,22,27,29,32,34,36-38,44-45,50H,10-21H2,1-2H3/t22?,27?,29-,32-,34-,36-,37+,38+,39-,40-,41-,42-,43+/m0/s1. The van der Waals surface area contributed by atoms with Gasteiger partial charge in [0.15, 0.2) is 0 Å². The molecule has 2 saturated carbocycles. The van der Waals surface area contributed by atoms with Crippen LogP contribution in [0.3, 0.4) is 0 Å². The van der Waals surface area contributed by atoms with Gasteiger partial charge in [0.1, 0.15) is 18.1 Å². The first-order valence-corrected chi connectivity index (χ1v) is 20.4. The number of nitrogens with zero attached hydrogens (tertiary/aromatic N) is 2. The van der Waals surface area contributed by atoms with Crippen molar-refractivity contribution in [1.82, 2.24) is 10.2 Å². The number of carbonyl (C=O) groups excluding carboxylic acids is 2. The van der Waals surface area contributed by atoms with Gasteiger partial charge in [-0.05, 0) is 80.0 Å². The lowest BCUT2D eigenvalue weighted by Gasteiger charge is -2.69. The van der Waals surface area contributed by atoms with Crippen LogP contribution in [0.15, 0.2) is 53.7 Å². The van der Waals surface area contributed by atoms with Crippen LogP contribution < -0.4 is 20.3 Å². The molecule has 11 heteroatoms. The molecule has 3 aliphatic carbocycles. The van der Waals surface area contributed by atoms with Crippen molar-refractivity contribution in [3.63, 3.8) is 0 Å². The Bertz CT molecular complexity index is 2130. The number of methoxy groups -OCH3 is 2. The Hall–Kier alpha value is -3.64. The van der Waals surface area contributed by atoms with Gasteiger partial charge in [-0.15, -0.1) is 0 Å². The molecule has 0 aromatic heterocycles. The van der Waals surface area contributed by atoms with E-state index in [0.29, 0.717) is 32.0 Å². The molecule has 6 saturated heterocycles. The number of nitrogens with one attached hydrogen (secondary N) is 2. The molecule has 8 heterocycles. The molecule has 0 amide bonds. The third-order valence-electron chi connectivity index (χ3n) is 17.6. The lowest BCUT2D eigenvalue weighted by Crippen LogP contribution is -2.78. The summed E-state index contributed by atoms with van der Waals surface area (Å²) in [5, 5.41) is 21.2. The first kappa shape index (κ1) is 31.6. The van der Waals surface area contributed by atoms with E-state index in [0.717, 1.165) is 80.0 Å². The molecular formula is C43H48N4O7. The first-order chi connectivity index (χ1) is 26.3. The lowest BCUT2D eigenvalue weighted by molar-refractivity contribution is -0.250. The van der Waals surface area contributed by atoms with Crippen molar-refractivity contribution in [3.8, 4) is 5.75 Å². The summed E-state index contributed by atoms with van der Waals surface area (Å²) in [6.07, 6.45) is 5.04. The zero-order chi connectivity index (χ0) is 36.1. The maximum atomic E-state index is 14.0. The van der Waals surface area contributed by atoms with Gasteiger partial charge in [0, 0.05) is 72.0 Å². The number of rotatable bonds is 2. The summed E-state index contributed by atoms with van der Waals surface area (Å²) >= 11 is 0. The highest BCUT2D eigenvalue weighted by molar-refractivity contribution is 5.93. The molecule has 13 atom stereocenters. The Morgan fingerprint density at radius 2 is 1.85 bits per heavy atom. The quantitative estimate of drug-likeness (QED) is 0.393. The van der Waals surface area contributed by atoms with Crippen molar-refractivity contribution in [2.45, 2.75) is 98.8 Å². The topological polar surface area (TPSA) is 122 Å². The second kappa shape index (κ2) is 9.83. The van der Waals surface area contributed by atoms with Crippen LogP contribution >= 0.6 is 0 Å². The van der Waals surface area contributed by atoms with E-state index in [1.807, 2.05) is 0 Å². The van der Waals surface area contributed by atoms with Gasteiger partial charge < -0.3 is 39.6 Å². The summed E-state index contributed by atoms with van der Waals surface area (Å²) < 4.78 is 25.3. The van der Waals surface area contributed by atoms with Gasteiger partial charge in [0.25, 0.3) is 0 Å². The minimum Gasteiger partial charge on any atom is -0.495 e. The molecule has 282 valence electrons. The van der Waals surface area contributed by atoms with Crippen LogP contribution in [0.1, 0.15) is 62.5 Å². The van der Waals surface area contributed by atoms with E-state index in [4.69, 9.17) is 18.9 Å². The second-order valence-electron chi connectivity index (χ2n) is 19.0. The predicted octanol–water partition coefficient (Wildman–Crippen LogP) is 3.59. The SMILES string of the molecule is COC(=O)C1=C2Nc3ccccc3[C@@]23CCN2[C@H](O)[C@]4(CC5C[C@]67CC(=O)O[C@H]6CCC6NC[C@@]8(c9cccc(OC)c9N(C4)[C@@H]58)[C@@H]67)[C@@H]4OCC[C@]4(C1)[C@H]23. The summed E-state index contributed by atoms with van der Waals surface area (Å²) in [5.41, 5.74) is 4.36. The van der Waals surface area contributed by atoms with Crippen molar-refractivity contribution in [1.29, 1.82) is 0 Å². The Morgan fingerprint density at radius 3 is 2.72 bits per heavy atom. The molecule has 11 nitrogen and oxygen atoms in total. The molecule has 2 unspecified atom stereocenters. The zero-order valence-corrected chi connectivity index (χ0v) is 30.9. The number of anilines is 2. The summed E-state index contributed by atoms with van der Waals surface area (Å²) in [7, 11) is 3.27. The minimum absolute atomic E-state index is 0.0418. The van der Waals surface area contributed by atoms with E-state index in [1.54, 1.807) is 7.11 Å². The van der Waals surface area contributed by atoms with E-state index >= 15 is 0 Å². The number of hydrogen-bond donors (Lipinski definition) is 3. The van der Waals surface area contributed by atoms with E-state index < -0.39 is 22.5 Å². The zero-order valence-electron chi connectivity index (χ0n) is 30.9. The van der Waals surface area contributed by atoms with Crippen LogP contribution in [0.2, 0.25) is 0 Å². The lowest BCUT2D eigenvalue weighted by atomic mass is 9.42. The van der Waals surface area contributed by atoms with E-state index in [-0.39, 0.29) is 58.9 Å². The third kappa shape index (κ3) is 3.12. The number of piperidine rings is 2. The molecule has 2 aromatic carbocycles. The Kier molecular flexibility index (Phi) is 5.74. The molecule has 5 spiro atoms. The number of carbonyl (C=O) groups is 2. The van der Waals surface area contributed by atoms with Crippen LogP contribution in [0, 0.1) is 28.1 Å². The van der Waals surface area contributed by atoms with Gasteiger partial charge >= 0.3 is 11.9 Å².